The third kappa shape index (κ3) is 1.70. The summed E-state index contributed by atoms with van der Waals surface area (Å²) < 4.78 is 13.6. The molecule has 2 rings (SSSR count). The monoisotopic (exact) mass is 204 g/mol. The largest absolute Gasteiger partial charge is 0.326 e. The van der Waals surface area contributed by atoms with Crippen LogP contribution < -0.4 is 5.73 Å². The van der Waals surface area contributed by atoms with E-state index < -0.39 is 0 Å². The van der Waals surface area contributed by atoms with E-state index in [1.54, 1.807) is 0 Å². The molecule has 0 fully saturated rings. The highest BCUT2D eigenvalue weighted by molar-refractivity contribution is 5.83. The SMILES string of the molecule is Cc1cc(F)c2nc(C)cc(CN)c2c1. The molecule has 78 valence electrons. The molecule has 0 aliphatic rings. The molecule has 0 radical (unpaired) electrons. The lowest BCUT2D eigenvalue weighted by Crippen LogP contribution is -2.01. The average molecular weight is 204 g/mol. The first-order valence-corrected chi connectivity index (χ1v) is 4.88. The van der Waals surface area contributed by atoms with Crippen LogP contribution in [0.4, 0.5) is 4.39 Å². The fourth-order valence-electron chi connectivity index (χ4n) is 1.80. The first-order valence-electron chi connectivity index (χ1n) is 4.88. The predicted octanol–water partition coefficient (Wildman–Crippen LogP) is 2.45. The minimum absolute atomic E-state index is 0.275. The van der Waals surface area contributed by atoms with Gasteiger partial charge in [0.2, 0.25) is 0 Å². The smallest absolute Gasteiger partial charge is 0.149 e. The minimum atomic E-state index is -0.275. The van der Waals surface area contributed by atoms with Crippen molar-refractivity contribution in [1.82, 2.24) is 4.98 Å². The first kappa shape index (κ1) is 10.1. The lowest BCUT2D eigenvalue weighted by Gasteiger charge is -2.07. The number of rotatable bonds is 1. The third-order valence-electron chi connectivity index (χ3n) is 2.44. The molecule has 0 saturated heterocycles. The van der Waals surface area contributed by atoms with Crippen LogP contribution in [0.3, 0.4) is 0 Å². The van der Waals surface area contributed by atoms with Crippen LogP contribution in [-0.4, -0.2) is 4.98 Å². The molecule has 0 atom stereocenters. The third-order valence-corrected chi connectivity index (χ3v) is 2.44. The summed E-state index contributed by atoms with van der Waals surface area (Å²) in [7, 11) is 0. The summed E-state index contributed by atoms with van der Waals surface area (Å²) in [4.78, 5) is 4.19. The van der Waals surface area contributed by atoms with Crippen LogP contribution in [0.25, 0.3) is 10.9 Å². The molecule has 0 aliphatic carbocycles. The van der Waals surface area contributed by atoms with Crippen LogP contribution in [-0.2, 0) is 6.54 Å². The van der Waals surface area contributed by atoms with E-state index in [1.807, 2.05) is 26.0 Å². The van der Waals surface area contributed by atoms with Crippen molar-refractivity contribution in [2.24, 2.45) is 5.73 Å². The van der Waals surface area contributed by atoms with Gasteiger partial charge in [-0.25, -0.2) is 4.39 Å². The zero-order valence-corrected chi connectivity index (χ0v) is 8.84. The number of aryl methyl sites for hydroxylation is 2. The zero-order chi connectivity index (χ0) is 11.0. The molecular formula is C12H13FN2. The summed E-state index contributed by atoms with van der Waals surface area (Å²) in [5.41, 5.74) is 8.68. The quantitative estimate of drug-likeness (QED) is 0.774. The number of benzene rings is 1. The molecule has 0 bridgehead atoms. The number of fused-ring (bicyclic) bond motifs is 1. The first-order chi connectivity index (χ1) is 7.11. The van der Waals surface area contributed by atoms with E-state index in [0.29, 0.717) is 12.1 Å². The Morgan fingerprint density at radius 1 is 1.27 bits per heavy atom. The second-order valence-corrected chi connectivity index (χ2v) is 3.77. The van der Waals surface area contributed by atoms with Crippen molar-refractivity contribution >= 4 is 10.9 Å². The normalized spacial score (nSPS) is 10.9. The molecule has 0 amide bonds. The van der Waals surface area contributed by atoms with Crippen LogP contribution in [0.2, 0.25) is 0 Å². The molecule has 1 aromatic heterocycles. The Bertz CT molecular complexity index is 521. The summed E-state index contributed by atoms with van der Waals surface area (Å²) in [5.74, 6) is -0.275. The van der Waals surface area contributed by atoms with Gasteiger partial charge in [0.15, 0.2) is 0 Å². The molecule has 2 N–H and O–H groups in total. The summed E-state index contributed by atoms with van der Waals surface area (Å²) >= 11 is 0. The van der Waals surface area contributed by atoms with Gasteiger partial charge in [-0.1, -0.05) is 0 Å². The molecule has 1 heterocycles. The van der Waals surface area contributed by atoms with Gasteiger partial charge in [-0.15, -0.1) is 0 Å². The number of nitrogens with two attached hydrogens (primary N) is 1. The van der Waals surface area contributed by atoms with Gasteiger partial charge in [-0.3, -0.25) is 4.98 Å². The van der Waals surface area contributed by atoms with Crippen LogP contribution in [0, 0.1) is 19.7 Å². The van der Waals surface area contributed by atoms with E-state index in [9.17, 15) is 4.39 Å². The second-order valence-electron chi connectivity index (χ2n) is 3.77. The van der Waals surface area contributed by atoms with Gasteiger partial charge in [0.1, 0.15) is 11.3 Å². The maximum Gasteiger partial charge on any atom is 0.149 e. The van der Waals surface area contributed by atoms with E-state index in [0.717, 1.165) is 22.2 Å². The van der Waals surface area contributed by atoms with Crippen LogP contribution in [0.15, 0.2) is 18.2 Å². The Labute approximate surface area is 87.9 Å². The highest BCUT2D eigenvalue weighted by Gasteiger charge is 2.07. The number of aromatic nitrogens is 1. The zero-order valence-electron chi connectivity index (χ0n) is 8.84. The molecule has 0 aliphatic heterocycles. The predicted molar refractivity (Wildman–Crippen MR) is 59.1 cm³/mol. The van der Waals surface area contributed by atoms with Gasteiger partial charge in [-0.2, -0.15) is 0 Å². The molecule has 0 spiro atoms. The van der Waals surface area contributed by atoms with Crippen molar-refractivity contribution in [2.45, 2.75) is 20.4 Å². The Balaban J connectivity index is 2.89. The lowest BCUT2D eigenvalue weighted by molar-refractivity contribution is 0.635. The van der Waals surface area contributed by atoms with E-state index in [-0.39, 0.29) is 5.82 Å². The maximum absolute atomic E-state index is 13.6. The van der Waals surface area contributed by atoms with Gasteiger partial charge in [-0.05, 0) is 43.2 Å². The summed E-state index contributed by atoms with van der Waals surface area (Å²) in [6.07, 6.45) is 0. The van der Waals surface area contributed by atoms with Crippen LogP contribution in [0.5, 0.6) is 0 Å². The Morgan fingerprint density at radius 2 is 2.00 bits per heavy atom. The van der Waals surface area contributed by atoms with E-state index >= 15 is 0 Å². The molecule has 15 heavy (non-hydrogen) atoms. The topological polar surface area (TPSA) is 38.9 Å². The van der Waals surface area contributed by atoms with Crippen LogP contribution in [0.1, 0.15) is 16.8 Å². The van der Waals surface area contributed by atoms with E-state index in [1.165, 1.54) is 6.07 Å². The average Bonchev–Trinajstić information content (AvgIpc) is 2.18. The van der Waals surface area contributed by atoms with Crippen molar-refractivity contribution in [2.75, 3.05) is 0 Å². The highest BCUT2D eigenvalue weighted by atomic mass is 19.1. The van der Waals surface area contributed by atoms with Crippen LogP contribution >= 0.6 is 0 Å². The molecule has 2 aromatic rings. The summed E-state index contributed by atoms with van der Waals surface area (Å²) in [6.45, 7) is 4.11. The number of hydrogen-bond acceptors (Lipinski definition) is 2. The molecular weight excluding hydrogens is 191 g/mol. The second kappa shape index (κ2) is 3.59. The standard InChI is InChI=1S/C12H13FN2/c1-7-3-10-9(6-14)5-8(2)15-12(10)11(13)4-7/h3-5H,6,14H2,1-2H3. The number of nitrogens with zero attached hydrogens (tertiary/aromatic N) is 1. The van der Waals surface area contributed by atoms with Gasteiger partial charge < -0.3 is 5.73 Å². The molecule has 0 saturated carbocycles. The number of hydrogen-bond donors (Lipinski definition) is 1. The molecule has 3 heteroatoms. The van der Waals surface area contributed by atoms with Gasteiger partial charge in [0, 0.05) is 17.6 Å². The Hall–Kier alpha value is -1.48. The van der Waals surface area contributed by atoms with Crippen molar-refractivity contribution in [3.63, 3.8) is 0 Å². The molecule has 0 unspecified atom stereocenters. The summed E-state index contributed by atoms with van der Waals surface area (Å²) in [5, 5.41) is 0.820. The van der Waals surface area contributed by atoms with Gasteiger partial charge in [0.05, 0.1) is 0 Å². The fourth-order valence-corrected chi connectivity index (χ4v) is 1.80. The highest BCUT2D eigenvalue weighted by Crippen LogP contribution is 2.22. The van der Waals surface area contributed by atoms with Crippen molar-refractivity contribution in [3.8, 4) is 0 Å². The van der Waals surface area contributed by atoms with E-state index in [4.69, 9.17) is 5.73 Å². The summed E-state index contributed by atoms with van der Waals surface area (Å²) in [6, 6.07) is 5.32. The Morgan fingerprint density at radius 3 is 2.67 bits per heavy atom. The van der Waals surface area contributed by atoms with Crippen molar-refractivity contribution in [3.05, 3.63) is 40.8 Å². The molecule has 2 nitrogen and oxygen atoms in total. The molecule has 1 aromatic carbocycles. The van der Waals surface area contributed by atoms with Crippen molar-refractivity contribution < 1.29 is 4.39 Å². The maximum atomic E-state index is 13.6. The lowest BCUT2D eigenvalue weighted by atomic mass is 10.1. The van der Waals surface area contributed by atoms with E-state index in [2.05, 4.69) is 4.98 Å². The minimum Gasteiger partial charge on any atom is -0.326 e. The Kier molecular flexibility index (Phi) is 2.40. The fraction of sp³-hybridized carbons (Fsp3) is 0.250. The number of halogens is 1. The van der Waals surface area contributed by atoms with Gasteiger partial charge in [0.25, 0.3) is 0 Å². The van der Waals surface area contributed by atoms with Gasteiger partial charge >= 0.3 is 0 Å². The number of pyridine rings is 1. The van der Waals surface area contributed by atoms with Crippen molar-refractivity contribution in [1.29, 1.82) is 0 Å².